The summed E-state index contributed by atoms with van der Waals surface area (Å²) in [5.41, 5.74) is 1.48. The van der Waals surface area contributed by atoms with Crippen molar-refractivity contribution in [2.45, 2.75) is 33.7 Å². The maximum Gasteiger partial charge on any atom is 0.329 e. The Bertz CT molecular complexity index is 1070. The molecule has 2 heterocycles. The molecule has 0 N–H and O–H groups in total. The van der Waals surface area contributed by atoms with Crippen LogP contribution in [0.5, 0.6) is 5.75 Å². The van der Waals surface area contributed by atoms with Crippen LogP contribution in [0, 0.1) is 6.92 Å². The van der Waals surface area contributed by atoms with E-state index < -0.39 is 12.0 Å². The third-order valence-electron chi connectivity index (χ3n) is 4.70. The van der Waals surface area contributed by atoms with E-state index in [0.29, 0.717) is 30.0 Å². The predicted molar refractivity (Wildman–Crippen MR) is 117 cm³/mol. The van der Waals surface area contributed by atoms with Crippen LogP contribution in [-0.4, -0.2) is 41.9 Å². The number of thiophene rings is 1. The molecule has 0 saturated carbocycles. The van der Waals surface area contributed by atoms with Crippen LogP contribution in [0.1, 0.15) is 31.7 Å². The van der Waals surface area contributed by atoms with E-state index in [1.54, 1.807) is 6.92 Å². The summed E-state index contributed by atoms with van der Waals surface area (Å²) >= 11 is 1.46. The molecule has 1 atom stereocenters. The van der Waals surface area contributed by atoms with E-state index >= 15 is 0 Å². The summed E-state index contributed by atoms with van der Waals surface area (Å²) in [5.74, 6) is 0.282. The van der Waals surface area contributed by atoms with Gasteiger partial charge in [0, 0.05) is 17.0 Å². The van der Waals surface area contributed by atoms with Gasteiger partial charge in [0.15, 0.2) is 0 Å². The van der Waals surface area contributed by atoms with E-state index in [0.717, 1.165) is 21.8 Å². The fourth-order valence-electron chi connectivity index (χ4n) is 3.20. The van der Waals surface area contributed by atoms with Gasteiger partial charge in [-0.15, -0.1) is 11.3 Å². The molecule has 1 aromatic carbocycles. The van der Waals surface area contributed by atoms with Gasteiger partial charge in [-0.05, 0) is 45.4 Å². The maximum atomic E-state index is 13.3. The highest BCUT2D eigenvalue weighted by atomic mass is 32.1. The average Bonchev–Trinajstić information content (AvgIpc) is 3.08. The first-order chi connectivity index (χ1) is 14.5. The Morgan fingerprint density at radius 1 is 1.17 bits per heavy atom. The van der Waals surface area contributed by atoms with Gasteiger partial charge >= 0.3 is 5.97 Å². The lowest BCUT2D eigenvalue weighted by atomic mass is 10.0. The molecule has 8 heteroatoms. The largest absolute Gasteiger partial charge is 0.494 e. The molecule has 30 heavy (non-hydrogen) atoms. The molecule has 0 spiro atoms. The van der Waals surface area contributed by atoms with Crippen LogP contribution in [0.2, 0.25) is 0 Å². The highest BCUT2D eigenvalue weighted by molar-refractivity contribution is 7.19. The van der Waals surface area contributed by atoms with E-state index in [4.69, 9.17) is 14.2 Å². The molecule has 0 aliphatic heterocycles. The number of benzene rings is 1. The summed E-state index contributed by atoms with van der Waals surface area (Å²) in [6.07, 6.45) is 1.41. The Kier molecular flexibility index (Phi) is 7.23. The summed E-state index contributed by atoms with van der Waals surface area (Å²) in [4.78, 5) is 31.7. The lowest BCUT2D eigenvalue weighted by Crippen LogP contribution is -2.30. The smallest absolute Gasteiger partial charge is 0.329 e. The lowest BCUT2D eigenvalue weighted by molar-refractivity contribution is -0.148. The molecule has 3 rings (SSSR count). The molecule has 7 nitrogen and oxygen atoms in total. The number of nitrogens with zero attached hydrogens (tertiary/aromatic N) is 2. The van der Waals surface area contributed by atoms with Crippen LogP contribution in [0.3, 0.4) is 0 Å². The van der Waals surface area contributed by atoms with Gasteiger partial charge in [-0.1, -0.05) is 12.1 Å². The highest BCUT2D eigenvalue weighted by Gasteiger charge is 2.22. The molecule has 0 fully saturated rings. The Morgan fingerprint density at radius 2 is 1.90 bits per heavy atom. The third kappa shape index (κ3) is 4.55. The number of aryl methyl sites for hydroxylation is 1. The summed E-state index contributed by atoms with van der Waals surface area (Å²) in [7, 11) is 0. The molecular formula is C22H26N2O5S. The standard InChI is InChI=1S/C22H26N2O5S/c1-5-27-11-12-29-22(26)14(3)24-13-23-20-19(21(24)25)18(15(4)30-20)16-7-9-17(10-8-16)28-6-2/h7-10,13-14H,5-6,11-12H2,1-4H3. The van der Waals surface area contributed by atoms with Crippen molar-refractivity contribution in [3.8, 4) is 16.9 Å². The summed E-state index contributed by atoms with van der Waals surface area (Å²) in [6, 6.07) is 6.84. The first-order valence-corrected chi connectivity index (χ1v) is 10.8. The van der Waals surface area contributed by atoms with E-state index in [1.807, 2.05) is 45.0 Å². The predicted octanol–water partition coefficient (Wildman–Crippen LogP) is 3.97. The van der Waals surface area contributed by atoms with E-state index in [1.165, 1.54) is 22.2 Å². The van der Waals surface area contributed by atoms with Gasteiger partial charge in [-0.2, -0.15) is 0 Å². The first-order valence-electron chi connectivity index (χ1n) is 9.95. The highest BCUT2D eigenvalue weighted by Crippen LogP contribution is 2.36. The molecule has 160 valence electrons. The topological polar surface area (TPSA) is 79.7 Å². The second-order valence-electron chi connectivity index (χ2n) is 6.67. The van der Waals surface area contributed by atoms with Crippen LogP contribution < -0.4 is 10.3 Å². The molecule has 3 aromatic rings. The zero-order chi connectivity index (χ0) is 21.7. The fraction of sp³-hybridized carbons (Fsp3) is 0.409. The van der Waals surface area contributed by atoms with Gasteiger partial charge in [-0.3, -0.25) is 9.36 Å². The zero-order valence-corrected chi connectivity index (χ0v) is 18.5. The first kappa shape index (κ1) is 22.0. The molecule has 1 unspecified atom stereocenters. The number of aromatic nitrogens is 2. The Balaban J connectivity index is 1.96. The van der Waals surface area contributed by atoms with Crippen LogP contribution >= 0.6 is 11.3 Å². The van der Waals surface area contributed by atoms with Gasteiger partial charge in [0.1, 0.15) is 23.2 Å². The lowest BCUT2D eigenvalue weighted by Gasteiger charge is -2.14. The maximum absolute atomic E-state index is 13.3. The van der Waals surface area contributed by atoms with Crippen LogP contribution in [0.25, 0.3) is 21.3 Å². The van der Waals surface area contributed by atoms with Crippen molar-refractivity contribution in [3.05, 3.63) is 45.8 Å². The van der Waals surface area contributed by atoms with Crippen molar-refractivity contribution >= 4 is 27.5 Å². The second kappa shape index (κ2) is 9.86. The normalized spacial score (nSPS) is 12.1. The van der Waals surface area contributed by atoms with Crippen LogP contribution in [0.15, 0.2) is 35.4 Å². The van der Waals surface area contributed by atoms with Crippen LogP contribution in [0.4, 0.5) is 0 Å². The Morgan fingerprint density at radius 3 is 2.57 bits per heavy atom. The van der Waals surface area contributed by atoms with E-state index in [9.17, 15) is 9.59 Å². The monoisotopic (exact) mass is 430 g/mol. The number of rotatable bonds is 9. The Hall–Kier alpha value is -2.71. The van der Waals surface area contributed by atoms with Gasteiger partial charge in [0.05, 0.1) is 24.9 Å². The van der Waals surface area contributed by atoms with Crippen molar-refractivity contribution in [1.29, 1.82) is 0 Å². The summed E-state index contributed by atoms with van der Waals surface area (Å²) in [6.45, 7) is 9.02. The fourth-order valence-corrected chi connectivity index (χ4v) is 4.21. The number of hydrogen-bond acceptors (Lipinski definition) is 7. The van der Waals surface area contributed by atoms with Crippen molar-refractivity contribution < 1.29 is 19.0 Å². The molecule has 0 saturated heterocycles. The van der Waals surface area contributed by atoms with Gasteiger partial charge < -0.3 is 14.2 Å². The Labute approximate surface area is 179 Å². The molecule has 0 amide bonds. The minimum absolute atomic E-state index is 0.149. The zero-order valence-electron chi connectivity index (χ0n) is 17.6. The number of ether oxygens (including phenoxy) is 3. The van der Waals surface area contributed by atoms with E-state index in [2.05, 4.69) is 4.98 Å². The van der Waals surface area contributed by atoms with Crippen molar-refractivity contribution in [2.24, 2.45) is 0 Å². The SMILES string of the molecule is CCOCCOC(=O)C(C)n1cnc2sc(C)c(-c3ccc(OCC)cc3)c2c1=O. The minimum atomic E-state index is -0.788. The molecule has 0 radical (unpaired) electrons. The number of carbonyl (C=O) groups excluding carboxylic acids is 1. The number of fused-ring (bicyclic) bond motifs is 1. The minimum Gasteiger partial charge on any atom is -0.494 e. The molecule has 0 aliphatic rings. The summed E-state index contributed by atoms with van der Waals surface area (Å²) in [5, 5.41) is 0.512. The van der Waals surface area contributed by atoms with Crippen LogP contribution in [-0.2, 0) is 14.3 Å². The second-order valence-corrected chi connectivity index (χ2v) is 7.87. The van der Waals surface area contributed by atoms with Gasteiger partial charge in [0.2, 0.25) is 0 Å². The molecule has 2 aromatic heterocycles. The average molecular weight is 431 g/mol. The molecular weight excluding hydrogens is 404 g/mol. The van der Waals surface area contributed by atoms with E-state index in [-0.39, 0.29) is 12.2 Å². The van der Waals surface area contributed by atoms with Gasteiger partial charge in [-0.25, -0.2) is 9.78 Å². The number of hydrogen-bond donors (Lipinski definition) is 0. The third-order valence-corrected chi connectivity index (χ3v) is 5.72. The number of carbonyl (C=O) groups is 1. The van der Waals surface area contributed by atoms with Crippen molar-refractivity contribution in [2.75, 3.05) is 26.4 Å². The van der Waals surface area contributed by atoms with Gasteiger partial charge in [0.25, 0.3) is 5.56 Å². The summed E-state index contributed by atoms with van der Waals surface area (Å²) < 4.78 is 17.2. The molecule has 0 aliphatic carbocycles. The number of esters is 1. The molecule has 0 bridgehead atoms. The van der Waals surface area contributed by atoms with Crippen molar-refractivity contribution in [3.63, 3.8) is 0 Å². The quantitative estimate of drug-likeness (QED) is 0.377. The van der Waals surface area contributed by atoms with Crippen molar-refractivity contribution in [1.82, 2.24) is 9.55 Å².